The molecule has 0 aromatic carbocycles. The van der Waals surface area contributed by atoms with Gasteiger partial charge in [0.15, 0.2) is 0 Å². The lowest BCUT2D eigenvalue weighted by Gasteiger charge is -2.20. The normalized spacial score (nSPS) is 10.5. The molecule has 4 N–H and O–H groups in total. The van der Waals surface area contributed by atoms with Crippen LogP contribution in [-0.4, -0.2) is 24.8 Å². The van der Waals surface area contributed by atoms with Crippen LogP contribution in [0, 0.1) is 5.41 Å². The molecular formula is C12H21N5. The van der Waals surface area contributed by atoms with Crippen LogP contribution in [0.3, 0.4) is 0 Å². The average Bonchev–Trinajstić information content (AvgIpc) is 2.26. The maximum Gasteiger partial charge on any atom is 0.145 e. The summed E-state index contributed by atoms with van der Waals surface area (Å²) in [6.45, 7) is 5.97. The lowest BCUT2D eigenvalue weighted by Crippen LogP contribution is -2.27. The molecule has 0 aliphatic rings. The van der Waals surface area contributed by atoms with E-state index in [2.05, 4.69) is 24.1 Å². The first-order chi connectivity index (χ1) is 7.88. The Bertz CT molecular complexity index is 423. The molecule has 1 rings (SSSR count). The molecule has 0 saturated heterocycles. The number of anilines is 2. The van der Waals surface area contributed by atoms with Gasteiger partial charge in [-0.15, -0.1) is 0 Å². The summed E-state index contributed by atoms with van der Waals surface area (Å²) in [5.41, 5.74) is 2.47. The molecule has 0 unspecified atom stereocenters. The highest BCUT2D eigenvalue weighted by molar-refractivity contribution is 6.02. The Morgan fingerprint density at radius 3 is 2.47 bits per heavy atom. The summed E-state index contributed by atoms with van der Waals surface area (Å²) in [5.74, 6) is 7.44. The van der Waals surface area contributed by atoms with E-state index in [0.717, 1.165) is 11.1 Å². The Hall–Kier alpha value is -1.62. The third kappa shape index (κ3) is 2.74. The predicted molar refractivity (Wildman–Crippen MR) is 73.0 cm³/mol. The quantitative estimate of drug-likeness (QED) is 0.423. The number of nitrogens with two attached hydrogens (primary N) is 1. The van der Waals surface area contributed by atoms with Crippen molar-refractivity contribution in [2.45, 2.75) is 26.7 Å². The van der Waals surface area contributed by atoms with E-state index < -0.39 is 0 Å². The van der Waals surface area contributed by atoms with Crippen LogP contribution in [0.15, 0.2) is 6.07 Å². The van der Waals surface area contributed by atoms with Crippen LogP contribution >= 0.6 is 0 Å². The number of nitrogens with one attached hydrogen (secondary N) is 2. The molecule has 5 nitrogen and oxygen atoms in total. The van der Waals surface area contributed by atoms with Crippen molar-refractivity contribution < 1.29 is 0 Å². The van der Waals surface area contributed by atoms with Gasteiger partial charge in [0.1, 0.15) is 11.6 Å². The third-order valence-electron chi connectivity index (χ3n) is 2.63. The monoisotopic (exact) mass is 235 g/mol. The molecular weight excluding hydrogens is 214 g/mol. The van der Waals surface area contributed by atoms with Gasteiger partial charge in [0.05, 0.1) is 0 Å². The van der Waals surface area contributed by atoms with Gasteiger partial charge in [-0.1, -0.05) is 13.8 Å². The molecule has 0 aliphatic heterocycles. The number of aromatic nitrogens is 1. The van der Waals surface area contributed by atoms with Crippen LogP contribution in [0.5, 0.6) is 0 Å². The Kier molecular flexibility index (Phi) is 4.07. The minimum Gasteiger partial charge on any atom is -0.373 e. The smallest absolute Gasteiger partial charge is 0.145 e. The fourth-order valence-electron chi connectivity index (χ4n) is 1.76. The molecule has 0 aliphatic carbocycles. The van der Waals surface area contributed by atoms with Crippen LogP contribution < -0.4 is 16.2 Å². The summed E-state index contributed by atoms with van der Waals surface area (Å²) in [6.07, 6.45) is 0. The van der Waals surface area contributed by atoms with Crippen LogP contribution in [0.25, 0.3) is 0 Å². The fraction of sp³-hybridized carbons (Fsp3) is 0.500. The number of pyridine rings is 1. The van der Waals surface area contributed by atoms with Crippen molar-refractivity contribution in [1.29, 1.82) is 5.41 Å². The van der Waals surface area contributed by atoms with Gasteiger partial charge >= 0.3 is 0 Å². The van der Waals surface area contributed by atoms with Gasteiger partial charge in [0.2, 0.25) is 0 Å². The predicted octanol–water partition coefficient (Wildman–Crippen LogP) is 1.94. The summed E-state index contributed by atoms with van der Waals surface area (Å²) in [5, 5.41) is 12.4. The van der Waals surface area contributed by atoms with Crippen molar-refractivity contribution in [3.63, 3.8) is 0 Å². The summed E-state index contributed by atoms with van der Waals surface area (Å²) in [6, 6.07) is 1.94. The Balaban J connectivity index is 3.51. The lowest BCUT2D eigenvalue weighted by atomic mass is 9.95. The summed E-state index contributed by atoms with van der Waals surface area (Å²) in [4.78, 5) is 4.40. The van der Waals surface area contributed by atoms with Crippen molar-refractivity contribution in [3.05, 3.63) is 17.2 Å². The van der Waals surface area contributed by atoms with E-state index in [9.17, 15) is 0 Å². The first-order valence-electron chi connectivity index (χ1n) is 5.65. The standard InChI is InChI=1S/C12H21N5/c1-7(2)9-6-10(17(5)14)16-12(15-4)11(9)8(3)13/h6-7,13H,14H2,1-5H3,(H,15,16). The van der Waals surface area contributed by atoms with Gasteiger partial charge in [0, 0.05) is 25.4 Å². The zero-order chi connectivity index (χ0) is 13.2. The number of nitrogens with zero attached hydrogens (tertiary/aromatic N) is 2. The van der Waals surface area contributed by atoms with Crippen LogP contribution in [0.4, 0.5) is 11.6 Å². The zero-order valence-electron chi connectivity index (χ0n) is 11.1. The van der Waals surface area contributed by atoms with Gasteiger partial charge in [-0.05, 0) is 24.5 Å². The molecule has 1 aromatic heterocycles. The second kappa shape index (κ2) is 5.14. The van der Waals surface area contributed by atoms with Crippen LogP contribution in [-0.2, 0) is 0 Å². The topological polar surface area (TPSA) is 78.0 Å². The SMILES string of the molecule is CNc1nc(N(C)N)cc(C(C)C)c1C(C)=N. The summed E-state index contributed by atoms with van der Waals surface area (Å²) < 4.78 is 0. The molecule has 0 bridgehead atoms. The first-order valence-corrected chi connectivity index (χ1v) is 5.65. The van der Waals surface area contributed by atoms with Crippen molar-refractivity contribution >= 4 is 17.3 Å². The highest BCUT2D eigenvalue weighted by Gasteiger charge is 2.16. The van der Waals surface area contributed by atoms with E-state index >= 15 is 0 Å². The van der Waals surface area contributed by atoms with E-state index in [-0.39, 0.29) is 0 Å². The number of hydrogen-bond acceptors (Lipinski definition) is 5. The molecule has 0 saturated carbocycles. The second-order valence-electron chi connectivity index (χ2n) is 4.43. The van der Waals surface area contributed by atoms with Crippen molar-refractivity contribution in [3.8, 4) is 0 Å². The summed E-state index contributed by atoms with van der Waals surface area (Å²) >= 11 is 0. The zero-order valence-corrected chi connectivity index (χ0v) is 11.1. The Morgan fingerprint density at radius 2 is 2.12 bits per heavy atom. The maximum absolute atomic E-state index is 7.87. The highest BCUT2D eigenvalue weighted by atomic mass is 15.4. The molecule has 94 valence electrons. The van der Waals surface area contributed by atoms with Gasteiger partial charge in [-0.2, -0.15) is 0 Å². The number of hydrogen-bond donors (Lipinski definition) is 3. The van der Waals surface area contributed by atoms with E-state index in [1.807, 2.05) is 6.07 Å². The molecule has 1 aromatic rings. The van der Waals surface area contributed by atoms with Gasteiger partial charge < -0.3 is 10.7 Å². The lowest BCUT2D eigenvalue weighted by molar-refractivity contribution is 0.854. The molecule has 0 amide bonds. The number of hydrazine groups is 1. The van der Waals surface area contributed by atoms with Crippen molar-refractivity contribution in [2.75, 3.05) is 24.4 Å². The average molecular weight is 235 g/mol. The Morgan fingerprint density at radius 1 is 1.53 bits per heavy atom. The van der Waals surface area contributed by atoms with Crippen LogP contribution in [0.1, 0.15) is 37.8 Å². The largest absolute Gasteiger partial charge is 0.373 e. The third-order valence-corrected chi connectivity index (χ3v) is 2.63. The molecule has 0 fully saturated rings. The van der Waals surface area contributed by atoms with Crippen LogP contribution in [0.2, 0.25) is 0 Å². The maximum atomic E-state index is 7.87. The Labute approximate surface area is 103 Å². The molecule has 0 spiro atoms. The minimum atomic E-state index is 0.319. The second-order valence-corrected chi connectivity index (χ2v) is 4.43. The van der Waals surface area contributed by atoms with Crippen molar-refractivity contribution in [2.24, 2.45) is 5.84 Å². The highest BCUT2D eigenvalue weighted by Crippen LogP contribution is 2.28. The first kappa shape index (κ1) is 13.4. The van der Waals surface area contributed by atoms with E-state index in [1.165, 1.54) is 5.01 Å². The van der Waals surface area contributed by atoms with Crippen molar-refractivity contribution in [1.82, 2.24) is 4.98 Å². The minimum absolute atomic E-state index is 0.319. The van der Waals surface area contributed by atoms with E-state index in [1.54, 1.807) is 21.0 Å². The van der Waals surface area contributed by atoms with Gasteiger partial charge in [0.25, 0.3) is 0 Å². The molecule has 0 atom stereocenters. The van der Waals surface area contributed by atoms with Gasteiger partial charge in [-0.25, -0.2) is 10.8 Å². The molecule has 17 heavy (non-hydrogen) atoms. The fourth-order valence-corrected chi connectivity index (χ4v) is 1.76. The number of rotatable bonds is 4. The molecule has 1 heterocycles. The van der Waals surface area contributed by atoms with E-state index in [4.69, 9.17) is 11.3 Å². The molecule has 0 radical (unpaired) electrons. The van der Waals surface area contributed by atoms with E-state index in [0.29, 0.717) is 23.3 Å². The van der Waals surface area contributed by atoms with Gasteiger partial charge in [-0.3, -0.25) is 5.01 Å². The molecule has 5 heteroatoms. The summed E-state index contributed by atoms with van der Waals surface area (Å²) in [7, 11) is 3.56.